The first-order valence-electron chi connectivity index (χ1n) is 8.96. The van der Waals surface area contributed by atoms with Crippen LogP contribution in [0.25, 0.3) is 0 Å². The Balaban J connectivity index is 2.21. The fourth-order valence-corrected chi connectivity index (χ4v) is 3.78. The lowest BCUT2D eigenvalue weighted by Crippen LogP contribution is -2.53. The second-order valence-electron chi connectivity index (χ2n) is 6.63. The largest absolute Gasteiger partial charge is 0.481 e. The van der Waals surface area contributed by atoms with Gasteiger partial charge in [-0.2, -0.15) is 0 Å². The fraction of sp³-hybridized carbons (Fsp3) is 0.579. The number of hydrogen-bond donors (Lipinski definition) is 4. The summed E-state index contributed by atoms with van der Waals surface area (Å²) < 4.78 is 0. The second kappa shape index (κ2) is 8.34. The zero-order valence-corrected chi connectivity index (χ0v) is 15.4. The predicted octanol–water partition coefficient (Wildman–Crippen LogP) is 2.89. The monoisotopic (exact) mass is 347 g/mol. The molecule has 1 aliphatic rings. The van der Waals surface area contributed by atoms with Crippen molar-refractivity contribution in [3.63, 3.8) is 0 Å². The van der Waals surface area contributed by atoms with Crippen molar-refractivity contribution < 1.29 is 14.7 Å². The fourth-order valence-electron chi connectivity index (χ4n) is 3.78. The molecule has 0 saturated heterocycles. The van der Waals surface area contributed by atoms with E-state index in [1.807, 2.05) is 33.3 Å². The number of nitrogens with one attached hydrogen (secondary N) is 3. The predicted molar refractivity (Wildman–Crippen MR) is 101 cm³/mol. The third-order valence-electron chi connectivity index (χ3n) is 5.29. The average Bonchev–Trinajstić information content (AvgIpc) is 2.62. The number of rotatable bonds is 9. The Labute approximate surface area is 149 Å². The van der Waals surface area contributed by atoms with Gasteiger partial charge in [-0.25, -0.2) is 0 Å². The van der Waals surface area contributed by atoms with Gasteiger partial charge in [-0.1, -0.05) is 12.8 Å². The van der Waals surface area contributed by atoms with Crippen molar-refractivity contribution in [3.05, 3.63) is 23.3 Å². The Morgan fingerprint density at radius 1 is 1.12 bits per heavy atom. The minimum atomic E-state index is -0.760. The standard InChI is InChI=1S/C19H29N3O3/c1-20-14-8-9-15(21-2)17-13(14)10-12-19(22-3,18(17)25)11-6-4-5-7-16(23)24/h8-9,20-22H,4-7,10-12H2,1-3H3,(H,23,24). The molecule has 0 aromatic heterocycles. The third kappa shape index (κ3) is 3.95. The van der Waals surface area contributed by atoms with E-state index in [0.717, 1.165) is 54.6 Å². The molecule has 0 fully saturated rings. The molecule has 1 aromatic carbocycles. The van der Waals surface area contributed by atoms with Crippen LogP contribution in [0.3, 0.4) is 0 Å². The summed E-state index contributed by atoms with van der Waals surface area (Å²) in [4.78, 5) is 24.0. The molecule has 1 unspecified atom stereocenters. The molecule has 4 N–H and O–H groups in total. The smallest absolute Gasteiger partial charge is 0.303 e. The SMILES string of the molecule is CNc1ccc(NC)c2c1CCC(CCCCCC(=O)O)(NC)C2=O. The summed E-state index contributed by atoms with van der Waals surface area (Å²) in [5.41, 5.74) is 3.17. The molecule has 0 aliphatic heterocycles. The van der Waals surface area contributed by atoms with Crippen molar-refractivity contribution in [3.8, 4) is 0 Å². The van der Waals surface area contributed by atoms with Crippen LogP contribution in [0.4, 0.5) is 11.4 Å². The molecule has 6 heteroatoms. The highest BCUT2D eigenvalue weighted by Crippen LogP contribution is 2.39. The minimum absolute atomic E-state index is 0.135. The molecule has 6 nitrogen and oxygen atoms in total. The van der Waals surface area contributed by atoms with Gasteiger partial charge in [0, 0.05) is 37.5 Å². The first-order chi connectivity index (χ1) is 12.0. The van der Waals surface area contributed by atoms with Gasteiger partial charge >= 0.3 is 5.97 Å². The van der Waals surface area contributed by atoms with Crippen LogP contribution in [-0.4, -0.2) is 43.5 Å². The van der Waals surface area contributed by atoms with Crippen LogP contribution in [0.15, 0.2) is 12.1 Å². The van der Waals surface area contributed by atoms with Gasteiger partial charge < -0.3 is 21.1 Å². The van der Waals surface area contributed by atoms with E-state index in [2.05, 4.69) is 16.0 Å². The molecule has 0 spiro atoms. The van der Waals surface area contributed by atoms with Gasteiger partial charge in [0.05, 0.1) is 5.54 Å². The molecule has 0 radical (unpaired) electrons. The van der Waals surface area contributed by atoms with Crippen molar-refractivity contribution in [1.82, 2.24) is 5.32 Å². The highest BCUT2D eigenvalue weighted by molar-refractivity contribution is 6.10. The first-order valence-corrected chi connectivity index (χ1v) is 8.96. The van der Waals surface area contributed by atoms with E-state index in [4.69, 9.17) is 5.11 Å². The van der Waals surface area contributed by atoms with Gasteiger partial charge in [0.2, 0.25) is 0 Å². The van der Waals surface area contributed by atoms with E-state index in [1.165, 1.54) is 0 Å². The van der Waals surface area contributed by atoms with Crippen LogP contribution in [0.5, 0.6) is 0 Å². The van der Waals surface area contributed by atoms with Crippen LogP contribution < -0.4 is 16.0 Å². The number of carboxylic acid groups (broad SMARTS) is 1. The molecule has 1 aromatic rings. The Hall–Kier alpha value is -2.08. The van der Waals surface area contributed by atoms with Gasteiger partial charge in [-0.3, -0.25) is 9.59 Å². The summed E-state index contributed by atoms with van der Waals surface area (Å²) in [7, 11) is 5.56. The third-order valence-corrected chi connectivity index (χ3v) is 5.29. The maximum atomic E-state index is 13.4. The summed E-state index contributed by atoms with van der Waals surface area (Å²) in [5.74, 6) is -0.625. The normalized spacial score (nSPS) is 19.4. The number of ketones is 1. The number of carboxylic acids is 1. The van der Waals surface area contributed by atoms with E-state index in [0.29, 0.717) is 6.42 Å². The zero-order valence-electron chi connectivity index (χ0n) is 15.4. The van der Waals surface area contributed by atoms with E-state index >= 15 is 0 Å². The van der Waals surface area contributed by atoms with E-state index in [9.17, 15) is 9.59 Å². The number of fused-ring (bicyclic) bond motifs is 1. The second-order valence-corrected chi connectivity index (χ2v) is 6.63. The molecule has 1 atom stereocenters. The Morgan fingerprint density at radius 2 is 1.80 bits per heavy atom. The Morgan fingerprint density at radius 3 is 2.40 bits per heavy atom. The summed E-state index contributed by atoms with van der Waals surface area (Å²) in [5, 5.41) is 18.4. The molecular weight excluding hydrogens is 318 g/mol. The van der Waals surface area contributed by atoms with Crippen LogP contribution in [0.2, 0.25) is 0 Å². The summed E-state index contributed by atoms with van der Waals surface area (Å²) in [6.07, 6.45) is 4.85. The van der Waals surface area contributed by atoms with Crippen LogP contribution in [0.1, 0.15) is 54.4 Å². The maximum Gasteiger partial charge on any atom is 0.303 e. The lowest BCUT2D eigenvalue weighted by atomic mass is 9.73. The molecule has 1 aliphatic carbocycles. The number of benzene rings is 1. The number of likely N-dealkylation sites (N-methyl/N-ethyl adjacent to an activating group) is 1. The molecule has 138 valence electrons. The number of hydrogen-bond acceptors (Lipinski definition) is 5. The number of Topliss-reactive ketones (excluding diaryl/α,β-unsaturated/α-hetero) is 1. The van der Waals surface area contributed by atoms with Crippen molar-refractivity contribution in [2.45, 2.75) is 50.5 Å². The first kappa shape index (κ1) is 19.2. The van der Waals surface area contributed by atoms with Crippen LogP contribution in [-0.2, 0) is 11.2 Å². The highest BCUT2D eigenvalue weighted by Gasteiger charge is 2.42. The number of aliphatic carboxylic acids is 1. The zero-order chi connectivity index (χ0) is 18.4. The van der Waals surface area contributed by atoms with Crippen LogP contribution in [0, 0.1) is 0 Å². The van der Waals surface area contributed by atoms with Crippen molar-refractivity contribution >= 4 is 23.1 Å². The van der Waals surface area contributed by atoms with Crippen molar-refractivity contribution in [2.75, 3.05) is 31.8 Å². The molecule has 0 amide bonds. The number of carbonyl (C=O) groups excluding carboxylic acids is 1. The lowest BCUT2D eigenvalue weighted by Gasteiger charge is -2.38. The molecule has 0 bridgehead atoms. The number of carbonyl (C=O) groups is 2. The summed E-state index contributed by atoms with van der Waals surface area (Å²) in [6, 6.07) is 3.96. The number of anilines is 2. The average molecular weight is 347 g/mol. The number of unbranched alkanes of at least 4 members (excludes halogenated alkanes) is 2. The quantitative estimate of drug-likeness (QED) is 0.514. The van der Waals surface area contributed by atoms with Gasteiger partial charge in [-0.15, -0.1) is 0 Å². The topological polar surface area (TPSA) is 90.5 Å². The molecule has 0 saturated carbocycles. The molecule has 25 heavy (non-hydrogen) atoms. The minimum Gasteiger partial charge on any atom is -0.481 e. The maximum absolute atomic E-state index is 13.4. The van der Waals surface area contributed by atoms with Crippen LogP contribution >= 0.6 is 0 Å². The highest BCUT2D eigenvalue weighted by atomic mass is 16.4. The van der Waals surface area contributed by atoms with E-state index in [-0.39, 0.29) is 12.2 Å². The Bertz CT molecular complexity index is 645. The van der Waals surface area contributed by atoms with Gasteiger partial charge in [-0.05, 0) is 50.4 Å². The summed E-state index contributed by atoms with van der Waals surface area (Å²) >= 11 is 0. The lowest BCUT2D eigenvalue weighted by molar-refractivity contribution is -0.137. The van der Waals surface area contributed by atoms with E-state index in [1.54, 1.807) is 0 Å². The molecular formula is C19H29N3O3. The Kier molecular flexibility index (Phi) is 6.42. The molecule has 0 heterocycles. The summed E-state index contributed by atoms with van der Waals surface area (Å²) in [6.45, 7) is 0. The van der Waals surface area contributed by atoms with Crippen molar-refractivity contribution in [1.29, 1.82) is 0 Å². The van der Waals surface area contributed by atoms with Gasteiger partial charge in [0.25, 0.3) is 0 Å². The van der Waals surface area contributed by atoms with Gasteiger partial charge in [0.15, 0.2) is 5.78 Å². The van der Waals surface area contributed by atoms with Gasteiger partial charge in [0.1, 0.15) is 0 Å². The van der Waals surface area contributed by atoms with E-state index < -0.39 is 11.5 Å². The molecule has 2 rings (SSSR count). The van der Waals surface area contributed by atoms with Crippen molar-refractivity contribution in [2.24, 2.45) is 0 Å².